The van der Waals surface area contributed by atoms with E-state index >= 15 is 0 Å². The molecule has 0 amide bonds. The van der Waals surface area contributed by atoms with Crippen molar-refractivity contribution in [2.75, 3.05) is 24.3 Å². The summed E-state index contributed by atoms with van der Waals surface area (Å²) in [5.74, 6) is 2.61. The van der Waals surface area contributed by atoms with E-state index in [1.54, 1.807) is 18.0 Å². The van der Waals surface area contributed by atoms with Crippen molar-refractivity contribution >= 4 is 27.7 Å². The highest BCUT2D eigenvalue weighted by molar-refractivity contribution is 8.13. The van der Waals surface area contributed by atoms with Gasteiger partial charge in [0.05, 0.1) is 0 Å². The molecule has 0 aromatic carbocycles. The number of hydrogen-bond donors (Lipinski definition) is 1. The number of amidine groups is 1. The van der Waals surface area contributed by atoms with Crippen LogP contribution in [0.25, 0.3) is 0 Å². The van der Waals surface area contributed by atoms with Gasteiger partial charge in [0.2, 0.25) is 0 Å². The zero-order valence-corrected chi connectivity index (χ0v) is 11.3. The van der Waals surface area contributed by atoms with E-state index in [4.69, 9.17) is 0 Å². The molecule has 3 unspecified atom stereocenters. The summed E-state index contributed by atoms with van der Waals surface area (Å²) in [7, 11) is -0.685. The van der Waals surface area contributed by atoms with E-state index in [0.29, 0.717) is 12.0 Å². The number of aliphatic imine (C=N–C) groups is 1. The van der Waals surface area contributed by atoms with Gasteiger partial charge in [-0.05, 0) is 19.3 Å². The molecule has 0 saturated heterocycles. The fourth-order valence-corrected chi connectivity index (χ4v) is 2.95. The fraction of sp³-hybridized carbons (Fsp3) is 0.900. The minimum Gasteiger partial charge on any atom is -0.362 e. The Bertz CT molecular complexity index is 256. The highest BCUT2D eigenvalue weighted by atomic mass is 32.2. The van der Waals surface area contributed by atoms with Gasteiger partial charge in [-0.2, -0.15) is 0 Å². The van der Waals surface area contributed by atoms with E-state index in [9.17, 15) is 4.21 Å². The SMILES string of the molecule is CC1CN=C(NC(C)CCS(C)=O)SC1. The van der Waals surface area contributed by atoms with Crippen LogP contribution in [0, 0.1) is 5.92 Å². The lowest BCUT2D eigenvalue weighted by Gasteiger charge is -2.21. The maximum Gasteiger partial charge on any atom is 0.156 e. The van der Waals surface area contributed by atoms with Crippen molar-refractivity contribution in [2.24, 2.45) is 10.9 Å². The summed E-state index contributed by atoms with van der Waals surface area (Å²) >= 11 is 1.80. The number of thioether (sulfide) groups is 1. The molecule has 0 spiro atoms. The molecule has 1 heterocycles. The van der Waals surface area contributed by atoms with Crippen LogP contribution in [0.3, 0.4) is 0 Å². The maximum atomic E-state index is 10.9. The van der Waals surface area contributed by atoms with Gasteiger partial charge < -0.3 is 5.32 Å². The van der Waals surface area contributed by atoms with Crippen LogP contribution in [0.15, 0.2) is 4.99 Å². The van der Waals surface area contributed by atoms with Crippen LogP contribution in [0.5, 0.6) is 0 Å². The molecular weight excluding hydrogens is 228 g/mol. The van der Waals surface area contributed by atoms with Crippen LogP contribution in [0.1, 0.15) is 20.3 Å². The molecule has 1 N–H and O–H groups in total. The Morgan fingerprint density at radius 2 is 2.47 bits per heavy atom. The van der Waals surface area contributed by atoms with Gasteiger partial charge in [0, 0.05) is 41.1 Å². The van der Waals surface area contributed by atoms with Crippen LogP contribution in [-0.4, -0.2) is 39.7 Å². The lowest BCUT2D eigenvalue weighted by Crippen LogP contribution is -2.34. The number of hydrogen-bond acceptors (Lipinski definition) is 4. The summed E-state index contributed by atoms with van der Waals surface area (Å²) < 4.78 is 10.9. The van der Waals surface area contributed by atoms with Gasteiger partial charge in [0.25, 0.3) is 0 Å². The molecular formula is C10H20N2OS2. The van der Waals surface area contributed by atoms with E-state index in [2.05, 4.69) is 24.2 Å². The van der Waals surface area contributed by atoms with Crippen molar-refractivity contribution in [3.05, 3.63) is 0 Å². The highest BCUT2D eigenvalue weighted by Gasteiger charge is 2.13. The summed E-state index contributed by atoms with van der Waals surface area (Å²) in [5.41, 5.74) is 0. The molecule has 0 bridgehead atoms. The third-order valence-electron chi connectivity index (χ3n) is 2.26. The Kier molecular flexibility index (Phi) is 5.68. The molecule has 1 aliphatic rings. The predicted molar refractivity (Wildman–Crippen MR) is 70.1 cm³/mol. The monoisotopic (exact) mass is 248 g/mol. The second-order valence-electron chi connectivity index (χ2n) is 4.17. The first kappa shape index (κ1) is 13.0. The minimum absolute atomic E-state index is 0.369. The van der Waals surface area contributed by atoms with Gasteiger partial charge in [-0.15, -0.1) is 0 Å². The first-order chi connectivity index (χ1) is 7.08. The summed E-state index contributed by atoms with van der Waals surface area (Å²) in [4.78, 5) is 4.47. The number of nitrogens with zero attached hydrogens (tertiary/aromatic N) is 1. The fourth-order valence-electron chi connectivity index (χ4n) is 1.27. The van der Waals surface area contributed by atoms with E-state index in [1.165, 1.54) is 0 Å². The second kappa shape index (κ2) is 6.53. The normalized spacial score (nSPS) is 25.5. The van der Waals surface area contributed by atoms with Crippen molar-refractivity contribution < 1.29 is 4.21 Å². The lowest BCUT2D eigenvalue weighted by molar-refractivity contribution is 0.626. The van der Waals surface area contributed by atoms with Gasteiger partial charge in [-0.1, -0.05) is 18.7 Å². The topological polar surface area (TPSA) is 41.5 Å². The van der Waals surface area contributed by atoms with E-state index in [1.807, 2.05) is 0 Å². The van der Waals surface area contributed by atoms with Crippen LogP contribution >= 0.6 is 11.8 Å². The molecule has 0 fully saturated rings. The van der Waals surface area contributed by atoms with Gasteiger partial charge in [0.1, 0.15) is 0 Å². The summed E-state index contributed by atoms with van der Waals surface area (Å²) in [5, 5.41) is 4.43. The summed E-state index contributed by atoms with van der Waals surface area (Å²) in [6.45, 7) is 5.27. The standard InChI is InChI=1S/C10H20N2OS2/c1-8-6-11-10(14-7-8)12-9(2)4-5-15(3)13/h8-9H,4-7H2,1-3H3,(H,11,12). The van der Waals surface area contributed by atoms with Crippen molar-refractivity contribution in [3.8, 4) is 0 Å². The smallest absolute Gasteiger partial charge is 0.156 e. The quantitative estimate of drug-likeness (QED) is 0.819. The van der Waals surface area contributed by atoms with Crippen molar-refractivity contribution in [3.63, 3.8) is 0 Å². The average molecular weight is 248 g/mol. The largest absolute Gasteiger partial charge is 0.362 e. The summed E-state index contributed by atoms with van der Waals surface area (Å²) in [6.07, 6.45) is 2.69. The Morgan fingerprint density at radius 3 is 3.00 bits per heavy atom. The number of nitrogens with one attached hydrogen (secondary N) is 1. The van der Waals surface area contributed by atoms with Crippen molar-refractivity contribution in [1.29, 1.82) is 0 Å². The van der Waals surface area contributed by atoms with Crippen LogP contribution in [-0.2, 0) is 10.8 Å². The Hall–Kier alpha value is -0.0300. The van der Waals surface area contributed by atoms with E-state index in [-0.39, 0.29) is 0 Å². The molecule has 0 radical (unpaired) electrons. The minimum atomic E-state index is -0.685. The molecule has 88 valence electrons. The predicted octanol–water partition coefficient (Wildman–Crippen LogP) is 1.47. The van der Waals surface area contributed by atoms with Gasteiger partial charge in [0.15, 0.2) is 5.17 Å². The van der Waals surface area contributed by atoms with Crippen LogP contribution in [0.2, 0.25) is 0 Å². The van der Waals surface area contributed by atoms with Crippen molar-refractivity contribution in [2.45, 2.75) is 26.3 Å². The second-order valence-corrected chi connectivity index (χ2v) is 6.74. The number of rotatable bonds is 4. The third kappa shape index (κ3) is 5.56. The van der Waals surface area contributed by atoms with E-state index in [0.717, 1.165) is 29.6 Å². The third-order valence-corrected chi connectivity index (χ3v) is 4.33. The van der Waals surface area contributed by atoms with Gasteiger partial charge >= 0.3 is 0 Å². The molecule has 3 nitrogen and oxygen atoms in total. The van der Waals surface area contributed by atoms with Crippen molar-refractivity contribution in [1.82, 2.24) is 5.32 Å². The molecule has 0 aliphatic carbocycles. The molecule has 5 heteroatoms. The Balaban J connectivity index is 2.25. The Morgan fingerprint density at radius 1 is 1.73 bits per heavy atom. The first-order valence-corrected chi connectivity index (χ1v) is 8.03. The summed E-state index contributed by atoms with van der Waals surface area (Å²) in [6, 6.07) is 0.369. The molecule has 3 atom stereocenters. The maximum absolute atomic E-state index is 10.9. The highest BCUT2D eigenvalue weighted by Crippen LogP contribution is 2.16. The Labute approximate surface area is 99.0 Å². The zero-order valence-electron chi connectivity index (χ0n) is 9.66. The molecule has 1 aliphatic heterocycles. The van der Waals surface area contributed by atoms with E-state index < -0.39 is 10.8 Å². The molecule has 0 aromatic rings. The molecule has 1 rings (SSSR count). The van der Waals surface area contributed by atoms with Crippen LogP contribution < -0.4 is 5.32 Å². The molecule has 0 saturated carbocycles. The van der Waals surface area contributed by atoms with Gasteiger partial charge in [-0.3, -0.25) is 9.20 Å². The first-order valence-electron chi connectivity index (χ1n) is 5.31. The average Bonchev–Trinajstić information content (AvgIpc) is 2.19. The molecule has 15 heavy (non-hydrogen) atoms. The van der Waals surface area contributed by atoms with Crippen LogP contribution in [0.4, 0.5) is 0 Å². The van der Waals surface area contributed by atoms with Gasteiger partial charge in [-0.25, -0.2) is 0 Å². The zero-order chi connectivity index (χ0) is 11.3. The molecule has 0 aromatic heterocycles. The lowest BCUT2D eigenvalue weighted by atomic mass is 10.2.